The van der Waals surface area contributed by atoms with Crippen LogP contribution >= 0.6 is 0 Å². The van der Waals surface area contributed by atoms with Gasteiger partial charge in [-0.25, -0.2) is 4.79 Å². The molecule has 8 nitrogen and oxygen atoms in total. The fraction of sp³-hybridized carbons (Fsp3) is 0.111. The zero-order chi connectivity index (χ0) is 19.8. The molecule has 0 saturated carbocycles. The third-order valence-electron chi connectivity index (χ3n) is 4.00. The highest BCUT2D eigenvalue weighted by Gasteiger charge is 2.26. The van der Waals surface area contributed by atoms with Gasteiger partial charge in [0.2, 0.25) is 0 Å². The number of hydrogen-bond donors (Lipinski definition) is 1. The molecule has 9 heteroatoms. The number of esters is 1. The van der Waals surface area contributed by atoms with E-state index in [0.717, 1.165) is 6.07 Å². The van der Waals surface area contributed by atoms with Crippen molar-refractivity contribution in [2.24, 2.45) is 12.8 Å². The Morgan fingerprint density at radius 2 is 1.81 bits per heavy atom. The molecule has 0 aliphatic heterocycles. The molecule has 2 N–H and O–H groups in total. The van der Waals surface area contributed by atoms with Crippen LogP contribution < -0.4 is 9.92 Å². The van der Waals surface area contributed by atoms with Gasteiger partial charge in [-0.1, -0.05) is 30.3 Å². The van der Waals surface area contributed by atoms with Crippen LogP contribution in [0.15, 0.2) is 53.6 Å². The van der Waals surface area contributed by atoms with Crippen LogP contribution in [0, 0.1) is 0 Å². The summed E-state index contributed by atoms with van der Waals surface area (Å²) >= 11 is 0. The van der Waals surface area contributed by atoms with Crippen molar-refractivity contribution in [2.45, 2.75) is 4.90 Å². The first-order valence-electron chi connectivity index (χ1n) is 7.75. The van der Waals surface area contributed by atoms with Gasteiger partial charge in [0.1, 0.15) is 16.2 Å². The summed E-state index contributed by atoms with van der Waals surface area (Å²) in [6, 6.07) is 11.1. The van der Waals surface area contributed by atoms with E-state index in [9.17, 15) is 18.0 Å². The van der Waals surface area contributed by atoms with Crippen molar-refractivity contribution in [3.8, 4) is 5.75 Å². The first kappa shape index (κ1) is 18.5. The number of fused-ring (bicyclic) bond motifs is 1. The van der Waals surface area contributed by atoms with Crippen LogP contribution in [-0.4, -0.2) is 32.0 Å². The molecule has 1 heterocycles. The zero-order valence-corrected chi connectivity index (χ0v) is 15.3. The molecule has 3 aromatic rings. The van der Waals surface area contributed by atoms with Crippen molar-refractivity contribution in [2.75, 3.05) is 7.11 Å². The highest BCUT2D eigenvalue weighted by molar-refractivity contribution is 7.87. The van der Waals surface area contributed by atoms with Gasteiger partial charge in [-0.15, -0.1) is 0 Å². The summed E-state index contributed by atoms with van der Waals surface area (Å²) in [4.78, 5) is 23.2. The van der Waals surface area contributed by atoms with E-state index in [-0.39, 0.29) is 21.9 Å². The number of aromatic nitrogens is 1. The van der Waals surface area contributed by atoms with Crippen LogP contribution in [-0.2, 0) is 21.9 Å². The Morgan fingerprint density at radius 3 is 2.44 bits per heavy atom. The Balaban J connectivity index is 2.16. The second-order valence-corrected chi connectivity index (χ2v) is 7.27. The summed E-state index contributed by atoms with van der Waals surface area (Å²) in [6.45, 7) is 0. The van der Waals surface area contributed by atoms with Gasteiger partial charge in [0.25, 0.3) is 5.91 Å². The normalized spacial score (nSPS) is 11.3. The van der Waals surface area contributed by atoms with Gasteiger partial charge in [0.15, 0.2) is 5.75 Å². The van der Waals surface area contributed by atoms with Crippen molar-refractivity contribution in [3.05, 3.63) is 59.9 Å². The second-order valence-electron chi connectivity index (χ2n) is 5.73. The summed E-state index contributed by atoms with van der Waals surface area (Å²) in [7, 11) is -1.67. The second kappa shape index (κ2) is 6.76. The number of ether oxygens (including phenoxy) is 1. The number of hydrogen-bond acceptors (Lipinski definition) is 6. The van der Waals surface area contributed by atoms with Crippen LogP contribution in [0.25, 0.3) is 10.8 Å². The van der Waals surface area contributed by atoms with Gasteiger partial charge in [0.05, 0.1) is 7.11 Å². The number of benzene rings is 2. The Hall–Kier alpha value is -3.33. The molecule has 140 valence electrons. The third-order valence-corrected chi connectivity index (χ3v) is 5.19. The predicted octanol–water partition coefficient (Wildman–Crippen LogP) is 1.83. The average molecular weight is 388 g/mol. The fourth-order valence-corrected chi connectivity index (χ4v) is 3.72. The maximum atomic E-state index is 12.8. The molecule has 0 aliphatic carbocycles. The zero-order valence-electron chi connectivity index (χ0n) is 14.5. The number of primary amides is 1. The molecule has 0 unspecified atom stereocenters. The molecular weight excluding hydrogens is 372 g/mol. The van der Waals surface area contributed by atoms with Gasteiger partial charge in [-0.3, -0.25) is 4.79 Å². The highest BCUT2D eigenvalue weighted by atomic mass is 32.2. The van der Waals surface area contributed by atoms with Gasteiger partial charge < -0.3 is 19.2 Å². The minimum Gasteiger partial charge on any atom is -0.465 e. The van der Waals surface area contributed by atoms with E-state index in [2.05, 4.69) is 0 Å². The maximum Gasteiger partial charge on any atom is 0.341 e. The molecule has 0 fully saturated rings. The smallest absolute Gasteiger partial charge is 0.341 e. The monoisotopic (exact) mass is 388 g/mol. The van der Waals surface area contributed by atoms with Crippen molar-refractivity contribution >= 4 is 32.8 Å². The molecular formula is C18H16N2O6S. The summed E-state index contributed by atoms with van der Waals surface area (Å²) in [5.74, 6) is -1.67. The van der Waals surface area contributed by atoms with E-state index in [1.54, 1.807) is 30.3 Å². The molecule has 3 rings (SSSR count). The SMILES string of the molecule is COC(=O)c1ccc2ccccc2c1OS(=O)(=O)c1cc(C(N)=O)n(C)c1. The van der Waals surface area contributed by atoms with E-state index >= 15 is 0 Å². The van der Waals surface area contributed by atoms with E-state index in [1.165, 1.54) is 31.0 Å². The van der Waals surface area contributed by atoms with Crippen LogP contribution in [0.1, 0.15) is 20.8 Å². The van der Waals surface area contributed by atoms with Crippen molar-refractivity contribution in [3.63, 3.8) is 0 Å². The molecule has 27 heavy (non-hydrogen) atoms. The minimum atomic E-state index is -4.34. The topological polar surface area (TPSA) is 118 Å². The summed E-state index contributed by atoms with van der Waals surface area (Å²) in [5, 5.41) is 1.11. The molecule has 1 amide bonds. The molecule has 0 spiro atoms. The van der Waals surface area contributed by atoms with Crippen molar-refractivity contribution < 1.29 is 26.9 Å². The first-order chi connectivity index (χ1) is 12.7. The number of carbonyl (C=O) groups is 2. The Labute approximate surface area is 155 Å². The van der Waals surface area contributed by atoms with E-state index in [4.69, 9.17) is 14.7 Å². The highest BCUT2D eigenvalue weighted by Crippen LogP contribution is 2.33. The third kappa shape index (κ3) is 3.36. The lowest BCUT2D eigenvalue weighted by atomic mass is 10.1. The molecule has 1 aromatic heterocycles. The van der Waals surface area contributed by atoms with Crippen LogP contribution in [0.4, 0.5) is 0 Å². The number of nitrogens with zero attached hydrogens (tertiary/aromatic N) is 1. The van der Waals surface area contributed by atoms with Gasteiger partial charge in [0, 0.05) is 18.6 Å². The van der Waals surface area contributed by atoms with Crippen LogP contribution in [0.5, 0.6) is 5.75 Å². The molecule has 0 atom stereocenters. The van der Waals surface area contributed by atoms with Crippen molar-refractivity contribution in [1.82, 2.24) is 4.57 Å². The Morgan fingerprint density at radius 1 is 1.11 bits per heavy atom. The lowest BCUT2D eigenvalue weighted by Gasteiger charge is -2.12. The Bertz CT molecular complexity index is 1160. The fourth-order valence-electron chi connectivity index (χ4n) is 2.68. The number of carbonyl (C=O) groups excluding carboxylic acids is 2. The molecule has 0 aliphatic rings. The van der Waals surface area contributed by atoms with E-state index < -0.39 is 22.0 Å². The summed E-state index contributed by atoms with van der Waals surface area (Å²) in [5.41, 5.74) is 5.19. The number of rotatable bonds is 5. The van der Waals surface area contributed by atoms with Gasteiger partial charge in [-0.2, -0.15) is 8.42 Å². The molecule has 0 bridgehead atoms. The number of aryl methyl sites for hydroxylation is 1. The van der Waals surface area contributed by atoms with Crippen LogP contribution in [0.3, 0.4) is 0 Å². The largest absolute Gasteiger partial charge is 0.465 e. The average Bonchev–Trinajstić information content (AvgIpc) is 3.04. The van der Waals surface area contributed by atoms with Gasteiger partial charge in [-0.05, 0) is 17.5 Å². The predicted molar refractivity (Wildman–Crippen MR) is 97.0 cm³/mol. The standard InChI is InChI=1S/C18H16N2O6S/c1-20-10-12(9-15(20)17(19)21)27(23,24)26-16-13-6-4-3-5-11(13)7-8-14(16)18(22)25-2/h3-10H,1-2H3,(H2,19,21). The summed E-state index contributed by atoms with van der Waals surface area (Å²) < 4.78 is 36.8. The van der Waals surface area contributed by atoms with Crippen LogP contribution in [0.2, 0.25) is 0 Å². The molecule has 0 saturated heterocycles. The van der Waals surface area contributed by atoms with E-state index in [1.807, 2.05) is 0 Å². The van der Waals surface area contributed by atoms with Gasteiger partial charge >= 0.3 is 16.1 Å². The number of nitrogens with two attached hydrogens (primary N) is 1. The molecule has 0 radical (unpaired) electrons. The number of amides is 1. The minimum absolute atomic E-state index is 0.00304. The van der Waals surface area contributed by atoms with E-state index in [0.29, 0.717) is 10.8 Å². The Kier molecular flexibility index (Phi) is 4.63. The van der Waals surface area contributed by atoms with Crippen molar-refractivity contribution in [1.29, 1.82) is 0 Å². The lowest BCUT2D eigenvalue weighted by molar-refractivity contribution is 0.0599. The first-order valence-corrected chi connectivity index (χ1v) is 9.16. The lowest BCUT2D eigenvalue weighted by Crippen LogP contribution is -2.14. The summed E-state index contributed by atoms with van der Waals surface area (Å²) in [6.07, 6.45) is 1.21. The maximum absolute atomic E-state index is 12.8. The molecule has 2 aromatic carbocycles. The quantitative estimate of drug-likeness (QED) is 0.526. The number of methoxy groups -OCH3 is 1.